The number of anilines is 1. The second kappa shape index (κ2) is 4.98. The van der Waals surface area contributed by atoms with Gasteiger partial charge in [0, 0.05) is 17.7 Å². The SMILES string of the molecule is COc1cccc(NC(=O)[C@@H]2[C@H]3C[C@H]4[C@H](OC(=O)[C@H]42)[C@H]3Br)c1. The fourth-order valence-corrected chi connectivity index (χ4v) is 5.30. The lowest BCUT2D eigenvalue weighted by Gasteiger charge is -2.27. The third-order valence-corrected chi connectivity index (χ3v) is 6.36. The Bertz CT molecular complexity index is 649. The van der Waals surface area contributed by atoms with Crippen molar-refractivity contribution < 1.29 is 19.1 Å². The highest BCUT2D eigenvalue weighted by Crippen LogP contribution is 2.60. The monoisotopic (exact) mass is 365 g/mol. The lowest BCUT2D eigenvalue weighted by atomic mass is 9.79. The Morgan fingerprint density at radius 2 is 2.23 bits per heavy atom. The molecule has 6 atom stereocenters. The van der Waals surface area contributed by atoms with Gasteiger partial charge in [-0.1, -0.05) is 22.0 Å². The second-order valence-corrected chi connectivity index (χ2v) is 7.24. The number of ether oxygens (including phenoxy) is 2. The van der Waals surface area contributed by atoms with Gasteiger partial charge in [0.15, 0.2) is 0 Å². The Labute approximate surface area is 136 Å². The van der Waals surface area contributed by atoms with E-state index in [1.54, 1.807) is 13.2 Å². The van der Waals surface area contributed by atoms with Crippen LogP contribution >= 0.6 is 15.9 Å². The Balaban J connectivity index is 1.57. The van der Waals surface area contributed by atoms with Crippen molar-refractivity contribution in [3.8, 4) is 5.75 Å². The molecule has 1 heterocycles. The summed E-state index contributed by atoms with van der Waals surface area (Å²) in [4.78, 5) is 24.9. The number of fused-ring (bicyclic) bond motifs is 1. The van der Waals surface area contributed by atoms with Crippen LogP contribution in [-0.4, -0.2) is 29.9 Å². The van der Waals surface area contributed by atoms with E-state index in [-0.39, 0.29) is 46.5 Å². The van der Waals surface area contributed by atoms with Gasteiger partial charge in [-0.2, -0.15) is 0 Å². The van der Waals surface area contributed by atoms with Crippen molar-refractivity contribution in [3.05, 3.63) is 24.3 Å². The zero-order valence-corrected chi connectivity index (χ0v) is 13.6. The number of halogens is 1. The third kappa shape index (κ3) is 1.89. The summed E-state index contributed by atoms with van der Waals surface area (Å²) in [6.07, 6.45) is 0.830. The zero-order chi connectivity index (χ0) is 15.4. The minimum Gasteiger partial charge on any atom is -0.497 e. The highest BCUT2D eigenvalue weighted by Gasteiger charge is 2.67. The molecule has 1 aliphatic heterocycles. The lowest BCUT2D eigenvalue weighted by molar-refractivity contribution is -0.145. The largest absolute Gasteiger partial charge is 0.497 e. The highest BCUT2D eigenvalue weighted by molar-refractivity contribution is 9.09. The molecule has 1 saturated heterocycles. The molecule has 2 aliphatic carbocycles. The van der Waals surface area contributed by atoms with Crippen LogP contribution in [0.3, 0.4) is 0 Å². The number of esters is 1. The van der Waals surface area contributed by atoms with Crippen molar-refractivity contribution in [2.24, 2.45) is 23.7 Å². The lowest BCUT2D eigenvalue weighted by Crippen LogP contribution is -2.40. The van der Waals surface area contributed by atoms with Crippen LogP contribution in [0.2, 0.25) is 0 Å². The number of amides is 1. The van der Waals surface area contributed by atoms with Crippen LogP contribution < -0.4 is 10.1 Å². The number of rotatable bonds is 3. The first-order chi connectivity index (χ1) is 10.6. The van der Waals surface area contributed by atoms with Gasteiger partial charge in [0.25, 0.3) is 0 Å². The van der Waals surface area contributed by atoms with Gasteiger partial charge in [-0.25, -0.2) is 0 Å². The molecule has 1 N–H and O–H groups in total. The van der Waals surface area contributed by atoms with Crippen molar-refractivity contribution >= 4 is 33.5 Å². The van der Waals surface area contributed by atoms with Gasteiger partial charge >= 0.3 is 5.97 Å². The summed E-state index contributed by atoms with van der Waals surface area (Å²) >= 11 is 3.62. The Morgan fingerprint density at radius 3 is 3.00 bits per heavy atom. The fraction of sp³-hybridized carbons (Fsp3) is 0.500. The molecule has 0 aromatic heterocycles. The molecule has 116 valence electrons. The average Bonchev–Trinajstić information content (AvgIpc) is 3.11. The van der Waals surface area contributed by atoms with Gasteiger partial charge < -0.3 is 14.8 Å². The van der Waals surface area contributed by atoms with Crippen LogP contribution in [-0.2, 0) is 14.3 Å². The van der Waals surface area contributed by atoms with E-state index in [9.17, 15) is 9.59 Å². The van der Waals surface area contributed by atoms with E-state index in [1.165, 1.54) is 0 Å². The molecule has 6 heteroatoms. The van der Waals surface area contributed by atoms with Gasteiger partial charge in [-0.3, -0.25) is 9.59 Å². The molecule has 2 bridgehead atoms. The number of carbonyl (C=O) groups excluding carboxylic acids is 2. The normalized spacial score (nSPS) is 38.0. The summed E-state index contributed by atoms with van der Waals surface area (Å²) in [6, 6.07) is 7.23. The molecule has 5 nitrogen and oxygen atoms in total. The minimum absolute atomic E-state index is 0.0524. The molecule has 0 radical (unpaired) electrons. The summed E-state index contributed by atoms with van der Waals surface area (Å²) in [6.45, 7) is 0. The number of hydrogen-bond acceptors (Lipinski definition) is 4. The summed E-state index contributed by atoms with van der Waals surface area (Å²) in [5, 5.41) is 2.92. The average molecular weight is 366 g/mol. The van der Waals surface area contributed by atoms with Gasteiger partial charge in [0.05, 0.1) is 23.8 Å². The molecule has 2 saturated carbocycles. The Hall–Kier alpha value is -1.56. The first-order valence-corrected chi connectivity index (χ1v) is 8.31. The zero-order valence-electron chi connectivity index (χ0n) is 12.0. The number of methoxy groups -OCH3 is 1. The molecule has 3 fully saturated rings. The van der Waals surface area contributed by atoms with Crippen molar-refractivity contribution in [1.82, 2.24) is 0 Å². The van der Waals surface area contributed by atoms with Crippen LogP contribution in [0.1, 0.15) is 6.42 Å². The van der Waals surface area contributed by atoms with Crippen molar-refractivity contribution in [3.63, 3.8) is 0 Å². The van der Waals surface area contributed by atoms with Gasteiger partial charge in [-0.05, 0) is 24.5 Å². The highest BCUT2D eigenvalue weighted by atomic mass is 79.9. The van der Waals surface area contributed by atoms with Crippen LogP contribution in [0.25, 0.3) is 0 Å². The van der Waals surface area contributed by atoms with E-state index in [0.717, 1.165) is 6.42 Å². The van der Waals surface area contributed by atoms with Crippen molar-refractivity contribution in [2.75, 3.05) is 12.4 Å². The summed E-state index contributed by atoms with van der Waals surface area (Å²) in [5.74, 6) is 0.114. The van der Waals surface area contributed by atoms with Crippen LogP contribution in [0.15, 0.2) is 24.3 Å². The van der Waals surface area contributed by atoms with Crippen molar-refractivity contribution in [2.45, 2.75) is 17.4 Å². The number of hydrogen-bond donors (Lipinski definition) is 1. The fourth-order valence-electron chi connectivity index (χ4n) is 4.26. The van der Waals surface area contributed by atoms with E-state index in [2.05, 4.69) is 21.2 Å². The van der Waals surface area contributed by atoms with Gasteiger partial charge in [0.2, 0.25) is 5.91 Å². The van der Waals surface area contributed by atoms with Crippen LogP contribution in [0.5, 0.6) is 5.75 Å². The number of benzene rings is 1. The van der Waals surface area contributed by atoms with Crippen LogP contribution in [0, 0.1) is 23.7 Å². The number of nitrogens with one attached hydrogen (secondary N) is 1. The topological polar surface area (TPSA) is 64.6 Å². The maximum absolute atomic E-state index is 12.7. The third-order valence-electron chi connectivity index (χ3n) is 5.16. The van der Waals surface area contributed by atoms with Gasteiger partial charge in [-0.15, -0.1) is 0 Å². The molecule has 3 aliphatic rings. The standard InChI is InChI=1S/C16H16BrNO4/c1-21-8-4-2-3-7(5-8)18-15(19)11-9-6-10-12(11)16(20)22-14(10)13(9)17/h2-5,9-14H,6H2,1H3,(H,18,19)/t9-,10-,11-,12-,13+,14+/m1/s1. The molecular weight excluding hydrogens is 350 g/mol. The first-order valence-electron chi connectivity index (χ1n) is 7.39. The molecule has 0 unspecified atom stereocenters. The molecule has 0 spiro atoms. The van der Waals surface area contributed by atoms with Gasteiger partial charge in [0.1, 0.15) is 11.9 Å². The van der Waals surface area contributed by atoms with Crippen molar-refractivity contribution in [1.29, 1.82) is 0 Å². The quantitative estimate of drug-likeness (QED) is 0.658. The molecule has 4 rings (SSSR count). The first kappa shape index (κ1) is 14.1. The Kier molecular flexibility index (Phi) is 3.18. The van der Waals surface area contributed by atoms with Crippen LogP contribution in [0.4, 0.5) is 5.69 Å². The second-order valence-electron chi connectivity index (χ2n) is 6.18. The van der Waals surface area contributed by atoms with E-state index in [4.69, 9.17) is 9.47 Å². The maximum Gasteiger partial charge on any atom is 0.310 e. The van der Waals surface area contributed by atoms with E-state index in [1.807, 2.05) is 18.2 Å². The Morgan fingerprint density at radius 1 is 1.41 bits per heavy atom. The predicted octanol–water partition coefficient (Wildman–Crippen LogP) is 2.20. The molecule has 1 aromatic carbocycles. The predicted molar refractivity (Wildman–Crippen MR) is 82.8 cm³/mol. The summed E-state index contributed by atoms with van der Waals surface area (Å²) in [7, 11) is 1.58. The van der Waals surface area contributed by atoms with E-state index < -0.39 is 0 Å². The molecular formula is C16H16BrNO4. The summed E-state index contributed by atoms with van der Waals surface area (Å²) < 4.78 is 10.6. The van der Waals surface area contributed by atoms with E-state index in [0.29, 0.717) is 11.4 Å². The molecule has 1 aromatic rings. The smallest absolute Gasteiger partial charge is 0.310 e. The van der Waals surface area contributed by atoms with E-state index >= 15 is 0 Å². The number of carbonyl (C=O) groups is 2. The summed E-state index contributed by atoms with van der Waals surface area (Å²) in [5.41, 5.74) is 0.682. The molecule has 22 heavy (non-hydrogen) atoms. The minimum atomic E-state index is -0.313. The number of alkyl halides is 1. The molecule has 1 amide bonds. The maximum atomic E-state index is 12.7.